The lowest BCUT2D eigenvalue weighted by Crippen LogP contribution is -2.54. The smallest absolute Gasteiger partial charge is 0.324 e. The van der Waals surface area contributed by atoms with E-state index in [1.807, 2.05) is 6.92 Å². The Bertz CT molecular complexity index is 479. The molecule has 0 saturated carbocycles. The first-order valence-electron chi connectivity index (χ1n) is 6.98. The van der Waals surface area contributed by atoms with Gasteiger partial charge in [0.15, 0.2) is 0 Å². The minimum atomic E-state index is -0.197. The minimum absolute atomic E-state index is 0.136. The number of rotatable bonds is 4. The van der Waals surface area contributed by atoms with Crippen LogP contribution in [-0.4, -0.2) is 43.2 Å². The fourth-order valence-electron chi connectivity index (χ4n) is 2.41. The Morgan fingerprint density at radius 3 is 3.05 bits per heavy atom. The van der Waals surface area contributed by atoms with E-state index < -0.39 is 0 Å². The molecule has 20 heavy (non-hydrogen) atoms. The van der Waals surface area contributed by atoms with E-state index in [4.69, 9.17) is 4.74 Å². The maximum absolute atomic E-state index is 12.0. The lowest BCUT2D eigenvalue weighted by molar-refractivity contribution is -0.150. The Balaban J connectivity index is 2.10. The summed E-state index contributed by atoms with van der Waals surface area (Å²) < 4.78 is 6.26. The maximum Gasteiger partial charge on any atom is 0.324 e. The summed E-state index contributed by atoms with van der Waals surface area (Å²) in [6, 6.07) is 6.12. The molecule has 1 saturated heterocycles. The number of hydrogen-bond acceptors (Lipinski definition) is 4. The molecule has 0 aromatic heterocycles. The van der Waals surface area contributed by atoms with Crippen molar-refractivity contribution in [1.29, 1.82) is 0 Å². The highest BCUT2D eigenvalue weighted by molar-refractivity contribution is 9.10. The number of piperazine rings is 1. The van der Waals surface area contributed by atoms with E-state index in [0.717, 1.165) is 24.1 Å². The van der Waals surface area contributed by atoms with Crippen molar-refractivity contribution in [2.75, 3.05) is 26.2 Å². The van der Waals surface area contributed by atoms with Crippen molar-refractivity contribution < 1.29 is 9.53 Å². The quantitative estimate of drug-likeness (QED) is 0.852. The van der Waals surface area contributed by atoms with E-state index in [0.29, 0.717) is 13.2 Å². The highest BCUT2D eigenvalue weighted by Gasteiger charge is 2.29. The Morgan fingerprint density at radius 2 is 2.35 bits per heavy atom. The average Bonchev–Trinajstić information content (AvgIpc) is 2.43. The second kappa shape index (κ2) is 7.20. The second-order valence-corrected chi connectivity index (χ2v) is 5.89. The number of aryl methyl sites for hydroxylation is 1. The Labute approximate surface area is 128 Å². The molecular formula is C15H21BrN2O2. The molecule has 0 radical (unpaired) electrons. The molecule has 1 unspecified atom stereocenters. The molecule has 0 spiro atoms. The van der Waals surface area contributed by atoms with Gasteiger partial charge >= 0.3 is 5.97 Å². The summed E-state index contributed by atoms with van der Waals surface area (Å²) in [5.41, 5.74) is 2.43. The molecule has 110 valence electrons. The number of hydrogen-bond donors (Lipinski definition) is 1. The molecule has 5 heteroatoms. The molecule has 1 fully saturated rings. The first-order valence-corrected chi connectivity index (χ1v) is 7.77. The molecule has 0 bridgehead atoms. The molecule has 1 aliphatic heterocycles. The SMILES string of the molecule is CCOC(=O)C1CNCCN1Cc1ccc(C)cc1Br. The first-order chi connectivity index (χ1) is 9.61. The lowest BCUT2D eigenvalue weighted by atomic mass is 10.1. The molecule has 1 atom stereocenters. The number of nitrogens with one attached hydrogen (secondary N) is 1. The summed E-state index contributed by atoms with van der Waals surface area (Å²) in [5.74, 6) is -0.136. The first kappa shape index (κ1) is 15.5. The number of esters is 1. The standard InChI is InChI=1S/C15H21BrN2O2/c1-3-20-15(19)14-9-17-6-7-18(14)10-12-5-4-11(2)8-13(12)16/h4-5,8,14,17H,3,6-7,9-10H2,1-2H3. The topological polar surface area (TPSA) is 41.6 Å². The van der Waals surface area contributed by atoms with Crippen LogP contribution in [0.4, 0.5) is 0 Å². The molecule has 1 heterocycles. The number of ether oxygens (including phenoxy) is 1. The fraction of sp³-hybridized carbons (Fsp3) is 0.533. The molecule has 0 aliphatic carbocycles. The van der Waals surface area contributed by atoms with Crippen LogP contribution in [0, 0.1) is 6.92 Å². The van der Waals surface area contributed by atoms with E-state index in [1.165, 1.54) is 11.1 Å². The number of halogens is 1. The van der Waals surface area contributed by atoms with Gasteiger partial charge in [0.2, 0.25) is 0 Å². The van der Waals surface area contributed by atoms with E-state index in [2.05, 4.69) is 51.3 Å². The Kier molecular flexibility index (Phi) is 5.57. The summed E-state index contributed by atoms with van der Waals surface area (Å²) in [7, 11) is 0. The third kappa shape index (κ3) is 3.81. The normalized spacial score (nSPS) is 19.9. The zero-order valence-corrected chi connectivity index (χ0v) is 13.6. The van der Waals surface area contributed by atoms with Crippen LogP contribution in [-0.2, 0) is 16.1 Å². The molecule has 4 nitrogen and oxygen atoms in total. The van der Waals surface area contributed by atoms with Gasteiger partial charge in [-0.25, -0.2) is 0 Å². The summed E-state index contributed by atoms with van der Waals surface area (Å²) in [6.07, 6.45) is 0. The van der Waals surface area contributed by atoms with Gasteiger partial charge in [0.1, 0.15) is 6.04 Å². The zero-order valence-electron chi connectivity index (χ0n) is 12.0. The summed E-state index contributed by atoms with van der Waals surface area (Å²) in [4.78, 5) is 14.2. The summed E-state index contributed by atoms with van der Waals surface area (Å²) in [6.45, 7) is 7.50. The average molecular weight is 341 g/mol. The molecule has 1 aromatic carbocycles. The maximum atomic E-state index is 12.0. The Morgan fingerprint density at radius 1 is 1.55 bits per heavy atom. The zero-order chi connectivity index (χ0) is 14.5. The van der Waals surface area contributed by atoms with Crippen molar-refractivity contribution in [3.8, 4) is 0 Å². The van der Waals surface area contributed by atoms with Crippen LogP contribution in [0.2, 0.25) is 0 Å². The van der Waals surface area contributed by atoms with Crippen LogP contribution in [0.1, 0.15) is 18.1 Å². The van der Waals surface area contributed by atoms with Gasteiger partial charge in [0.05, 0.1) is 6.61 Å². The van der Waals surface area contributed by atoms with Crippen LogP contribution in [0.3, 0.4) is 0 Å². The van der Waals surface area contributed by atoms with Gasteiger partial charge in [0, 0.05) is 30.7 Å². The molecular weight excluding hydrogens is 320 g/mol. The van der Waals surface area contributed by atoms with Crippen molar-refractivity contribution in [1.82, 2.24) is 10.2 Å². The molecule has 1 aliphatic rings. The van der Waals surface area contributed by atoms with E-state index >= 15 is 0 Å². The predicted octanol–water partition coefficient (Wildman–Crippen LogP) is 2.09. The molecule has 0 amide bonds. The van der Waals surface area contributed by atoms with Gasteiger partial charge in [-0.3, -0.25) is 9.69 Å². The number of benzene rings is 1. The van der Waals surface area contributed by atoms with Crippen molar-refractivity contribution >= 4 is 21.9 Å². The van der Waals surface area contributed by atoms with Gasteiger partial charge in [-0.05, 0) is 31.0 Å². The van der Waals surface area contributed by atoms with Crippen LogP contribution in [0.25, 0.3) is 0 Å². The fourth-order valence-corrected chi connectivity index (χ4v) is 3.02. The largest absolute Gasteiger partial charge is 0.465 e. The van der Waals surface area contributed by atoms with E-state index in [9.17, 15) is 4.79 Å². The monoisotopic (exact) mass is 340 g/mol. The van der Waals surface area contributed by atoms with E-state index in [1.54, 1.807) is 0 Å². The van der Waals surface area contributed by atoms with Crippen LogP contribution < -0.4 is 5.32 Å². The van der Waals surface area contributed by atoms with Crippen molar-refractivity contribution in [2.45, 2.75) is 26.4 Å². The van der Waals surface area contributed by atoms with Crippen molar-refractivity contribution in [3.63, 3.8) is 0 Å². The molecule has 1 aromatic rings. The number of nitrogens with zero attached hydrogens (tertiary/aromatic N) is 1. The Hall–Kier alpha value is -0.910. The lowest BCUT2D eigenvalue weighted by Gasteiger charge is -2.34. The highest BCUT2D eigenvalue weighted by Crippen LogP contribution is 2.21. The van der Waals surface area contributed by atoms with Gasteiger partial charge in [-0.2, -0.15) is 0 Å². The summed E-state index contributed by atoms with van der Waals surface area (Å²) >= 11 is 3.60. The van der Waals surface area contributed by atoms with Crippen LogP contribution in [0.15, 0.2) is 22.7 Å². The molecule has 2 rings (SSSR count). The van der Waals surface area contributed by atoms with Crippen molar-refractivity contribution in [2.24, 2.45) is 0 Å². The predicted molar refractivity (Wildman–Crippen MR) is 82.6 cm³/mol. The van der Waals surface area contributed by atoms with Gasteiger partial charge in [0.25, 0.3) is 0 Å². The van der Waals surface area contributed by atoms with E-state index in [-0.39, 0.29) is 12.0 Å². The van der Waals surface area contributed by atoms with Crippen LogP contribution >= 0.6 is 15.9 Å². The van der Waals surface area contributed by atoms with Crippen LogP contribution in [0.5, 0.6) is 0 Å². The minimum Gasteiger partial charge on any atom is -0.465 e. The number of carbonyl (C=O) groups is 1. The van der Waals surface area contributed by atoms with Crippen molar-refractivity contribution in [3.05, 3.63) is 33.8 Å². The third-order valence-corrected chi connectivity index (χ3v) is 4.23. The highest BCUT2D eigenvalue weighted by atomic mass is 79.9. The third-order valence-electron chi connectivity index (χ3n) is 3.49. The van der Waals surface area contributed by atoms with Gasteiger partial charge in [-0.1, -0.05) is 28.1 Å². The second-order valence-electron chi connectivity index (χ2n) is 5.04. The van der Waals surface area contributed by atoms with Gasteiger partial charge < -0.3 is 10.1 Å². The number of carbonyl (C=O) groups excluding carboxylic acids is 1. The summed E-state index contributed by atoms with van der Waals surface area (Å²) in [5, 5.41) is 3.26. The molecule has 1 N–H and O–H groups in total. The van der Waals surface area contributed by atoms with Gasteiger partial charge in [-0.15, -0.1) is 0 Å².